The van der Waals surface area contributed by atoms with Crippen LogP contribution in [0.2, 0.25) is 0 Å². The topological polar surface area (TPSA) is 29.3 Å². The summed E-state index contributed by atoms with van der Waals surface area (Å²) >= 11 is 0. The number of allylic oxidation sites excluding steroid dienone is 3. The number of likely N-dealkylation sites (N-methyl/N-ethyl adjacent to an activating group) is 1. The van der Waals surface area contributed by atoms with Crippen molar-refractivity contribution in [2.75, 3.05) is 18.0 Å². The lowest BCUT2D eigenvalue weighted by Crippen LogP contribution is -2.27. The van der Waals surface area contributed by atoms with Gasteiger partial charge in [-0.2, -0.15) is 0 Å². The highest BCUT2D eigenvalue weighted by Gasteiger charge is 2.04. The quantitative estimate of drug-likeness (QED) is 0.787. The largest absolute Gasteiger partial charge is 0.401 e. The molecule has 1 aromatic carbocycles. The van der Waals surface area contributed by atoms with E-state index < -0.39 is 0 Å². The van der Waals surface area contributed by atoms with Crippen molar-refractivity contribution in [1.82, 2.24) is 0 Å². The van der Waals surface area contributed by atoms with Gasteiger partial charge in [0.15, 0.2) is 0 Å². The van der Waals surface area contributed by atoms with Crippen LogP contribution in [0.25, 0.3) is 0 Å². The first kappa shape index (κ1) is 13.4. The molecule has 0 saturated heterocycles. The van der Waals surface area contributed by atoms with Gasteiger partial charge in [-0.1, -0.05) is 24.3 Å². The van der Waals surface area contributed by atoms with E-state index in [9.17, 15) is 0 Å². The molecule has 0 atom stereocenters. The molecule has 0 aliphatic heterocycles. The van der Waals surface area contributed by atoms with Gasteiger partial charge in [-0.05, 0) is 44.5 Å². The summed E-state index contributed by atoms with van der Waals surface area (Å²) in [7, 11) is 0. The Bertz CT molecular complexity index is 405. The maximum atomic E-state index is 5.98. The van der Waals surface area contributed by atoms with Crippen molar-refractivity contribution in [1.29, 1.82) is 0 Å². The molecule has 17 heavy (non-hydrogen) atoms. The van der Waals surface area contributed by atoms with E-state index in [4.69, 9.17) is 5.73 Å². The van der Waals surface area contributed by atoms with Crippen LogP contribution >= 0.6 is 0 Å². The van der Waals surface area contributed by atoms with E-state index in [1.165, 1.54) is 11.3 Å². The van der Waals surface area contributed by atoms with Crippen LogP contribution in [0.1, 0.15) is 19.4 Å². The molecule has 2 N–H and O–H groups in total. The van der Waals surface area contributed by atoms with Gasteiger partial charge in [0.2, 0.25) is 0 Å². The van der Waals surface area contributed by atoms with Crippen molar-refractivity contribution in [2.45, 2.75) is 20.8 Å². The molecule has 2 heteroatoms. The summed E-state index contributed by atoms with van der Waals surface area (Å²) in [5.74, 6) is 0. The van der Waals surface area contributed by atoms with Crippen LogP contribution in [0.4, 0.5) is 5.69 Å². The van der Waals surface area contributed by atoms with Crippen molar-refractivity contribution in [2.24, 2.45) is 5.73 Å². The number of hydrogen-bond acceptors (Lipinski definition) is 2. The molecular formula is C15H22N2. The minimum Gasteiger partial charge on any atom is -0.401 e. The Labute approximate surface area is 104 Å². The van der Waals surface area contributed by atoms with Crippen LogP contribution in [0, 0.1) is 6.92 Å². The number of aryl methyl sites for hydroxylation is 1. The zero-order valence-electron chi connectivity index (χ0n) is 11.0. The zero-order chi connectivity index (χ0) is 12.7. The van der Waals surface area contributed by atoms with E-state index in [1.54, 1.807) is 0 Å². The van der Waals surface area contributed by atoms with Crippen LogP contribution < -0.4 is 10.6 Å². The lowest BCUT2D eigenvalue weighted by atomic mass is 10.2. The first-order chi connectivity index (χ1) is 8.17. The molecule has 0 radical (unpaired) electrons. The monoisotopic (exact) mass is 230 g/mol. The number of benzene rings is 1. The number of hydrogen-bond donors (Lipinski definition) is 1. The Balaban J connectivity index is 2.79. The highest BCUT2D eigenvalue weighted by molar-refractivity contribution is 5.49. The van der Waals surface area contributed by atoms with Crippen molar-refractivity contribution < 1.29 is 0 Å². The Morgan fingerprint density at radius 2 is 2.18 bits per heavy atom. The third-order valence-corrected chi connectivity index (χ3v) is 2.62. The third-order valence-electron chi connectivity index (χ3n) is 2.62. The molecule has 92 valence electrons. The summed E-state index contributed by atoms with van der Waals surface area (Å²) in [6.45, 7) is 7.96. The number of nitrogens with zero attached hydrogens (tertiary/aromatic N) is 1. The van der Waals surface area contributed by atoms with E-state index in [-0.39, 0.29) is 0 Å². The number of nitrogens with two attached hydrogens (primary N) is 1. The summed E-state index contributed by atoms with van der Waals surface area (Å²) in [4.78, 5) is 2.27. The van der Waals surface area contributed by atoms with Crippen molar-refractivity contribution >= 4 is 5.69 Å². The second kappa shape index (κ2) is 6.79. The fraction of sp³-hybridized carbons (Fsp3) is 0.333. The molecule has 1 aromatic rings. The van der Waals surface area contributed by atoms with Crippen molar-refractivity contribution in [3.63, 3.8) is 0 Å². The van der Waals surface area contributed by atoms with Gasteiger partial charge in [-0.15, -0.1) is 0 Å². The Morgan fingerprint density at radius 1 is 1.41 bits per heavy atom. The summed E-state index contributed by atoms with van der Waals surface area (Å²) in [5, 5.41) is 0. The van der Waals surface area contributed by atoms with Crippen LogP contribution in [-0.2, 0) is 0 Å². The Hall–Kier alpha value is -1.70. The molecule has 0 aliphatic rings. The van der Waals surface area contributed by atoms with Crippen molar-refractivity contribution in [3.05, 3.63) is 53.8 Å². The second-order valence-electron chi connectivity index (χ2n) is 4.12. The standard InChI is InChI=1S/C15H22N2/c1-4-6-9-14(16)12-17(5-2)15-10-7-8-13(3)11-15/h4,6-11H,5,12,16H2,1-3H3/b6-4-,14-9-. The van der Waals surface area contributed by atoms with E-state index in [0.29, 0.717) is 0 Å². The predicted octanol–water partition coefficient (Wildman–Crippen LogP) is 3.24. The highest BCUT2D eigenvalue weighted by Crippen LogP contribution is 2.16. The molecule has 0 spiro atoms. The molecule has 0 heterocycles. The normalized spacial score (nSPS) is 12.1. The van der Waals surface area contributed by atoms with Crippen LogP contribution in [-0.4, -0.2) is 13.1 Å². The Kier molecular flexibility index (Phi) is 5.34. The minimum absolute atomic E-state index is 0.768. The molecule has 0 aliphatic carbocycles. The summed E-state index contributed by atoms with van der Waals surface area (Å²) in [5.41, 5.74) is 9.36. The van der Waals surface area contributed by atoms with Gasteiger partial charge in [-0.25, -0.2) is 0 Å². The molecule has 0 fully saturated rings. The molecule has 0 saturated carbocycles. The van der Waals surface area contributed by atoms with Gasteiger partial charge in [-0.3, -0.25) is 0 Å². The lowest BCUT2D eigenvalue weighted by Gasteiger charge is -2.23. The van der Waals surface area contributed by atoms with Gasteiger partial charge >= 0.3 is 0 Å². The molecule has 0 amide bonds. The van der Waals surface area contributed by atoms with Crippen molar-refractivity contribution in [3.8, 4) is 0 Å². The maximum Gasteiger partial charge on any atom is 0.0574 e. The van der Waals surface area contributed by atoms with E-state index in [2.05, 4.69) is 43.0 Å². The molecule has 2 nitrogen and oxygen atoms in total. The number of anilines is 1. The highest BCUT2D eigenvalue weighted by atomic mass is 15.1. The molecular weight excluding hydrogens is 208 g/mol. The van der Waals surface area contributed by atoms with Crippen LogP contribution in [0.5, 0.6) is 0 Å². The molecule has 1 rings (SSSR count). The van der Waals surface area contributed by atoms with Gasteiger partial charge in [0.1, 0.15) is 0 Å². The summed E-state index contributed by atoms with van der Waals surface area (Å²) in [6, 6.07) is 8.50. The van der Waals surface area contributed by atoms with Gasteiger partial charge in [0.25, 0.3) is 0 Å². The Morgan fingerprint density at radius 3 is 2.76 bits per heavy atom. The van der Waals surface area contributed by atoms with E-state index in [1.807, 2.05) is 25.2 Å². The fourth-order valence-corrected chi connectivity index (χ4v) is 1.70. The second-order valence-corrected chi connectivity index (χ2v) is 4.12. The first-order valence-electron chi connectivity index (χ1n) is 6.06. The fourth-order valence-electron chi connectivity index (χ4n) is 1.70. The molecule has 0 unspecified atom stereocenters. The van der Waals surface area contributed by atoms with Gasteiger partial charge < -0.3 is 10.6 Å². The SMILES string of the molecule is C/C=C\C=C(/N)CN(CC)c1cccc(C)c1. The maximum absolute atomic E-state index is 5.98. The van der Waals surface area contributed by atoms with Gasteiger partial charge in [0.05, 0.1) is 6.54 Å². The smallest absolute Gasteiger partial charge is 0.0574 e. The number of rotatable bonds is 5. The summed E-state index contributed by atoms with van der Waals surface area (Å²) < 4.78 is 0. The predicted molar refractivity (Wildman–Crippen MR) is 76.2 cm³/mol. The third kappa shape index (κ3) is 4.35. The summed E-state index contributed by atoms with van der Waals surface area (Å²) in [6.07, 6.45) is 5.91. The minimum atomic E-state index is 0.768. The van der Waals surface area contributed by atoms with Gasteiger partial charge in [0, 0.05) is 17.9 Å². The first-order valence-corrected chi connectivity index (χ1v) is 6.06. The average molecular weight is 230 g/mol. The van der Waals surface area contributed by atoms with Crippen LogP contribution in [0.3, 0.4) is 0 Å². The van der Waals surface area contributed by atoms with Crippen LogP contribution in [0.15, 0.2) is 48.2 Å². The lowest BCUT2D eigenvalue weighted by molar-refractivity contribution is 0.871. The average Bonchev–Trinajstić information content (AvgIpc) is 2.33. The molecule has 0 bridgehead atoms. The van der Waals surface area contributed by atoms with E-state index >= 15 is 0 Å². The zero-order valence-corrected chi connectivity index (χ0v) is 11.0. The van der Waals surface area contributed by atoms with E-state index in [0.717, 1.165) is 18.8 Å². The molecule has 0 aromatic heterocycles.